The molecular formula is C22H24INO6S. The molecule has 0 aromatic heterocycles. The molecule has 7 nitrogen and oxygen atoms in total. The first-order valence-electron chi connectivity index (χ1n) is 9.68. The lowest BCUT2D eigenvalue weighted by atomic mass is 10.1. The number of aliphatic imine (C=N–C) groups is 1. The average Bonchev–Trinajstić information content (AvgIpc) is 3.02. The zero-order chi connectivity index (χ0) is 23.0. The molecule has 31 heavy (non-hydrogen) atoms. The third-order valence-corrected chi connectivity index (χ3v) is 5.70. The number of rotatable bonds is 9. The van der Waals surface area contributed by atoms with Crippen LogP contribution in [0.3, 0.4) is 0 Å². The first-order valence-corrected chi connectivity index (χ1v) is 11.6. The number of nitrogens with zero attached hydrogens (tertiary/aromatic N) is 1. The Kier molecular flexibility index (Phi) is 9.63. The van der Waals surface area contributed by atoms with Crippen LogP contribution in [0, 0.1) is 3.57 Å². The number of thioether (sulfide) groups is 1. The molecule has 0 radical (unpaired) electrons. The number of amides is 1. The van der Waals surface area contributed by atoms with Crippen molar-refractivity contribution in [1.82, 2.24) is 0 Å². The lowest BCUT2D eigenvalue weighted by molar-refractivity contribution is -0.138. The van der Waals surface area contributed by atoms with Gasteiger partial charge in [-0.25, -0.2) is 9.79 Å². The Hall–Kier alpha value is -2.27. The lowest BCUT2D eigenvalue weighted by Crippen LogP contribution is -2.14. The minimum Gasteiger partial charge on any atom is -0.506 e. The highest BCUT2D eigenvalue weighted by Crippen LogP contribution is 2.41. The van der Waals surface area contributed by atoms with Crippen LogP contribution in [0.15, 0.2) is 46.0 Å². The number of aliphatic hydroxyl groups is 1. The van der Waals surface area contributed by atoms with Crippen molar-refractivity contribution in [1.29, 1.82) is 0 Å². The fraction of sp³-hybridized carbons (Fsp3) is 0.318. The van der Waals surface area contributed by atoms with Gasteiger partial charge >= 0.3 is 5.97 Å². The molecule has 0 aliphatic carbocycles. The van der Waals surface area contributed by atoms with E-state index in [-0.39, 0.29) is 29.4 Å². The van der Waals surface area contributed by atoms with E-state index in [1.807, 2.05) is 13.0 Å². The fourth-order valence-electron chi connectivity index (χ4n) is 2.55. The van der Waals surface area contributed by atoms with E-state index in [4.69, 9.17) is 14.2 Å². The number of halogens is 1. The van der Waals surface area contributed by atoms with Crippen molar-refractivity contribution in [3.8, 4) is 11.5 Å². The van der Waals surface area contributed by atoms with Crippen LogP contribution in [0.5, 0.6) is 11.5 Å². The number of ether oxygens (including phenoxy) is 3. The third kappa shape index (κ3) is 6.36. The molecule has 1 heterocycles. The number of hydrogen-bond donors (Lipinski definition) is 1. The fourth-order valence-corrected chi connectivity index (χ4v) is 4.36. The van der Waals surface area contributed by atoms with Crippen LogP contribution in [0.25, 0.3) is 6.08 Å². The van der Waals surface area contributed by atoms with E-state index < -0.39 is 11.9 Å². The van der Waals surface area contributed by atoms with Crippen molar-refractivity contribution in [3.05, 3.63) is 50.2 Å². The van der Waals surface area contributed by atoms with Crippen molar-refractivity contribution < 1.29 is 28.9 Å². The first-order chi connectivity index (χ1) is 14.9. The maximum Gasteiger partial charge on any atom is 0.344 e. The molecule has 2 rings (SSSR count). The summed E-state index contributed by atoms with van der Waals surface area (Å²) in [6, 6.07) is 3.64. The summed E-state index contributed by atoms with van der Waals surface area (Å²) >= 11 is 3.18. The molecule has 9 heteroatoms. The Balaban J connectivity index is 2.52. The van der Waals surface area contributed by atoms with Gasteiger partial charge in [-0.05, 0) is 60.2 Å². The molecule has 0 saturated carbocycles. The number of hydrogen-bond acceptors (Lipinski definition) is 7. The van der Waals surface area contributed by atoms with Gasteiger partial charge in [0, 0.05) is 6.42 Å². The Labute approximate surface area is 199 Å². The standard InChI is InChI=1S/C22H24INO6S/c1-5-9-30-20-14(23)10-13(11-15(20)28-7-3)12-16-19(26)18(22(27)29-8-4)21(31-16)24-17(25)6-2/h5,10-12,26H,1,6-9H2,2-4H3/b16-12-,24-21?. The van der Waals surface area contributed by atoms with Crippen LogP contribution in [-0.2, 0) is 14.3 Å². The number of carbonyl (C=O) groups is 2. The Morgan fingerprint density at radius 3 is 2.58 bits per heavy atom. The van der Waals surface area contributed by atoms with Crippen LogP contribution in [0.1, 0.15) is 32.8 Å². The molecule has 0 unspecified atom stereocenters. The molecule has 0 spiro atoms. The van der Waals surface area contributed by atoms with E-state index in [9.17, 15) is 14.7 Å². The van der Waals surface area contributed by atoms with Gasteiger partial charge in [-0.1, -0.05) is 31.3 Å². The van der Waals surface area contributed by atoms with Gasteiger partial charge in [-0.3, -0.25) is 4.79 Å². The summed E-state index contributed by atoms with van der Waals surface area (Å²) in [4.78, 5) is 28.5. The summed E-state index contributed by atoms with van der Waals surface area (Å²) in [5.74, 6) is -0.237. The molecular weight excluding hydrogens is 533 g/mol. The van der Waals surface area contributed by atoms with Gasteiger partial charge in [-0.15, -0.1) is 0 Å². The highest BCUT2D eigenvalue weighted by Gasteiger charge is 2.33. The van der Waals surface area contributed by atoms with Gasteiger partial charge in [0.2, 0.25) is 5.91 Å². The number of carbonyl (C=O) groups excluding carboxylic acids is 2. The Morgan fingerprint density at radius 2 is 1.97 bits per heavy atom. The maximum atomic E-state index is 12.4. The predicted octanol–water partition coefficient (Wildman–Crippen LogP) is 5.05. The summed E-state index contributed by atoms with van der Waals surface area (Å²) in [6.45, 7) is 9.78. The van der Waals surface area contributed by atoms with E-state index in [0.717, 1.165) is 20.9 Å². The van der Waals surface area contributed by atoms with E-state index >= 15 is 0 Å². The molecule has 1 aliphatic heterocycles. The summed E-state index contributed by atoms with van der Waals surface area (Å²) in [6.07, 6.45) is 3.53. The highest BCUT2D eigenvalue weighted by molar-refractivity contribution is 14.1. The molecule has 0 atom stereocenters. The van der Waals surface area contributed by atoms with Crippen LogP contribution >= 0.6 is 34.4 Å². The molecule has 1 amide bonds. The number of benzene rings is 1. The van der Waals surface area contributed by atoms with Crippen molar-refractivity contribution >= 4 is 57.3 Å². The zero-order valence-corrected chi connectivity index (χ0v) is 20.5. The molecule has 1 aromatic rings. The maximum absolute atomic E-state index is 12.4. The van der Waals surface area contributed by atoms with E-state index in [1.54, 1.807) is 32.1 Å². The normalized spacial score (nSPS) is 16.0. The van der Waals surface area contributed by atoms with Crippen molar-refractivity contribution in [2.24, 2.45) is 4.99 Å². The smallest absolute Gasteiger partial charge is 0.344 e. The molecule has 1 aliphatic rings. The van der Waals surface area contributed by atoms with E-state index in [1.165, 1.54) is 0 Å². The number of esters is 1. The summed E-state index contributed by atoms with van der Waals surface area (Å²) < 4.78 is 17.3. The van der Waals surface area contributed by atoms with Crippen molar-refractivity contribution in [3.63, 3.8) is 0 Å². The van der Waals surface area contributed by atoms with Gasteiger partial charge in [-0.2, -0.15) is 0 Å². The first kappa shape index (κ1) is 25.0. The molecule has 0 fully saturated rings. The van der Waals surface area contributed by atoms with E-state index in [0.29, 0.717) is 29.6 Å². The summed E-state index contributed by atoms with van der Waals surface area (Å²) in [5, 5.41) is 10.8. The minimum atomic E-state index is -0.726. The van der Waals surface area contributed by atoms with Gasteiger partial charge in [0.15, 0.2) is 11.5 Å². The van der Waals surface area contributed by atoms with Crippen LogP contribution in [-0.4, -0.2) is 41.8 Å². The average molecular weight is 557 g/mol. The molecule has 0 bridgehead atoms. The van der Waals surface area contributed by atoms with Crippen molar-refractivity contribution in [2.75, 3.05) is 19.8 Å². The lowest BCUT2D eigenvalue weighted by Gasteiger charge is -2.14. The molecule has 166 valence electrons. The third-order valence-electron chi connectivity index (χ3n) is 3.87. The van der Waals surface area contributed by atoms with Gasteiger partial charge in [0.05, 0.1) is 21.7 Å². The summed E-state index contributed by atoms with van der Waals surface area (Å²) in [7, 11) is 0. The largest absolute Gasteiger partial charge is 0.506 e. The second-order valence-electron chi connectivity index (χ2n) is 6.08. The van der Waals surface area contributed by atoms with Crippen molar-refractivity contribution in [2.45, 2.75) is 27.2 Å². The van der Waals surface area contributed by atoms with Crippen LogP contribution in [0.4, 0.5) is 0 Å². The van der Waals surface area contributed by atoms with E-state index in [2.05, 4.69) is 34.2 Å². The second kappa shape index (κ2) is 11.9. The SMILES string of the molecule is C=CCOc1c(I)cc(/C=C2\SC(=NC(=O)CC)C(C(=O)OCC)=C2O)cc1OCC. The number of aliphatic hydroxyl groups excluding tert-OH is 1. The predicted molar refractivity (Wildman–Crippen MR) is 131 cm³/mol. The minimum absolute atomic E-state index is 0.106. The van der Waals surface area contributed by atoms with Gasteiger partial charge in [0.25, 0.3) is 0 Å². The molecule has 0 saturated heterocycles. The topological polar surface area (TPSA) is 94.4 Å². The molecule has 1 N–H and O–H groups in total. The molecule has 1 aromatic carbocycles. The Morgan fingerprint density at radius 1 is 1.23 bits per heavy atom. The quantitative estimate of drug-likeness (QED) is 0.258. The van der Waals surface area contributed by atoms with Crippen LogP contribution < -0.4 is 9.47 Å². The second-order valence-corrected chi connectivity index (χ2v) is 8.27. The monoisotopic (exact) mass is 557 g/mol. The zero-order valence-electron chi connectivity index (χ0n) is 17.6. The Bertz CT molecular complexity index is 967. The van der Waals surface area contributed by atoms with Gasteiger partial charge < -0.3 is 19.3 Å². The van der Waals surface area contributed by atoms with Crippen LogP contribution in [0.2, 0.25) is 0 Å². The van der Waals surface area contributed by atoms with Gasteiger partial charge in [0.1, 0.15) is 23.0 Å². The summed E-state index contributed by atoms with van der Waals surface area (Å²) in [5.41, 5.74) is 0.615. The highest BCUT2D eigenvalue weighted by atomic mass is 127.